The van der Waals surface area contributed by atoms with Gasteiger partial charge in [-0.3, -0.25) is 0 Å². The molecule has 0 saturated heterocycles. The Morgan fingerprint density at radius 2 is 1.89 bits per heavy atom. The van der Waals surface area contributed by atoms with Crippen LogP contribution in [-0.4, -0.2) is 13.2 Å². The van der Waals surface area contributed by atoms with Crippen molar-refractivity contribution in [3.8, 4) is 5.75 Å². The first-order valence-electron chi connectivity index (χ1n) is 6.08. The average Bonchev–Trinajstić information content (AvgIpc) is 2.43. The topological polar surface area (TPSA) is 21.3 Å². The summed E-state index contributed by atoms with van der Waals surface area (Å²) in [5, 5.41) is 4.06. The first-order chi connectivity index (χ1) is 9.25. The Bertz CT molecular complexity index is 519. The molecule has 0 spiro atoms. The SMILES string of the molecule is Clc1ccc(CNCCOc2ccccc2)cc1Br. The van der Waals surface area contributed by atoms with Gasteiger partial charge in [-0.05, 0) is 45.8 Å². The van der Waals surface area contributed by atoms with Crippen LogP contribution in [0.2, 0.25) is 5.02 Å². The van der Waals surface area contributed by atoms with Crippen molar-refractivity contribution in [3.05, 3.63) is 63.6 Å². The van der Waals surface area contributed by atoms with Crippen LogP contribution in [0.1, 0.15) is 5.56 Å². The first kappa shape index (κ1) is 14.4. The normalized spacial score (nSPS) is 10.4. The van der Waals surface area contributed by atoms with Crippen molar-refractivity contribution in [1.29, 1.82) is 0 Å². The Morgan fingerprint density at radius 1 is 1.11 bits per heavy atom. The zero-order chi connectivity index (χ0) is 13.5. The van der Waals surface area contributed by atoms with Gasteiger partial charge in [-0.2, -0.15) is 0 Å². The number of hydrogen-bond acceptors (Lipinski definition) is 2. The van der Waals surface area contributed by atoms with Crippen LogP contribution >= 0.6 is 27.5 Å². The van der Waals surface area contributed by atoms with E-state index in [1.54, 1.807) is 0 Å². The highest BCUT2D eigenvalue weighted by Crippen LogP contribution is 2.23. The largest absolute Gasteiger partial charge is 0.492 e. The van der Waals surface area contributed by atoms with Crippen molar-refractivity contribution < 1.29 is 4.74 Å². The second-order valence-electron chi connectivity index (χ2n) is 4.09. The molecule has 0 aliphatic heterocycles. The number of benzene rings is 2. The fourth-order valence-electron chi connectivity index (χ4n) is 1.64. The van der Waals surface area contributed by atoms with Gasteiger partial charge in [-0.15, -0.1) is 0 Å². The molecule has 2 aromatic carbocycles. The minimum absolute atomic E-state index is 0.652. The van der Waals surface area contributed by atoms with Crippen LogP contribution < -0.4 is 10.1 Å². The molecule has 0 aliphatic carbocycles. The summed E-state index contributed by atoms with van der Waals surface area (Å²) in [6.07, 6.45) is 0. The van der Waals surface area contributed by atoms with E-state index in [1.807, 2.05) is 48.5 Å². The van der Waals surface area contributed by atoms with Gasteiger partial charge < -0.3 is 10.1 Å². The molecule has 0 radical (unpaired) electrons. The lowest BCUT2D eigenvalue weighted by Crippen LogP contribution is -2.20. The van der Waals surface area contributed by atoms with Crippen molar-refractivity contribution in [2.24, 2.45) is 0 Å². The molecule has 0 aromatic heterocycles. The maximum atomic E-state index is 5.94. The second-order valence-corrected chi connectivity index (χ2v) is 5.35. The highest BCUT2D eigenvalue weighted by atomic mass is 79.9. The van der Waals surface area contributed by atoms with E-state index in [0.717, 1.165) is 28.3 Å². The highest BCUT2D eigenvalue weighted by molar-refractivity contribution is 9.10. The minimum Gasteiger partial charge on any atom is -0.492 e. The molecule has 100 valence electrons. The third-order valence-electron chi connectivity index (χ3n) is 2.60. The van der Waals surface area contributed by atoms with E-state index in [0.29, 0.717) is 6.61 Å². The Morgan fingerprint density at radius 3 is 2.63 bits per heavy atom. The Kier molecular flexibility index (Phi) is 5.70. The predicted octanol–water partition coefficient (Wildman–Crippen LogP) is 4.27. The molecule has 0 amide bonds. The molecule has 19 heavy (non-hydrogen) atoms. The van der Waals surface area contributed by atoms with E-state index in [2.05, 4.69) is 21.2 Å². The monoisotopic (exact) mass is 339 g/mol. The van der Waals surface area contributed by atoms with Crippen LogP contribution in [0.4, 0.5) is 0 Å². The van der Waals surface area contributed by atoms with Gasteiger partial charge in [0.05, 0.1) is 5.02 Å². The predicted molar refractivity (Wildman–Crippen MR) is 82.8 cm³/mol. The van der Waals surface area contributed by atoms with Gasteiger partial charge in [-0.1, -0.05) is 35.9 Å². The molecule has 2 rings (SSSR count). The van der Waals surface area contributed by atoms with Crippen LogP contribution in [0.15, 0.2) is 53.0 Å². The van der Waals surface area contributed by atoms with Crippen LogP contribution in [0.25, 0.3) is 0 Å². The molecule has 4 heteroatoms. The molecule has 1 N–H and O–H groups in total. The minimum atomic E-state index is 0.652. The van der Waals surface area contributed by atoms with Crippen molar-refractivity contribution in [2.75, 3.05) is 13.2 Å². The summed E-state index contributed by atoms with van der Waals surface area (Å²) in [6, 6.07) is 15.7. The molecular formula is C15H15BrClNO. The molecule has 0 heterocycles. The molecule has 0 aliphatic rings. The van der Waals surface area contributed by atoms with Gasteiger partial charge in [0.25, 0.3) is 0 Å². The highest BCUT2D eigenvalue weighted by Gasteiger charge is 1.99. The summed E-state index contributed by atoms with van der Waals surface area (Å²) in [4.78, 5) is 0. The van der Waals surface area contributed by atoms with E-state index >= 15 is 0 Å². The van der Waals surface area contributed by atoms with Crippen LogP contribution in [0, 0.1) is 0 Å². The number of para-hydroxylation sites is 1. The Labute approximate surface area is 126 Å². The van der Waals surface area contributed by atoms with Crippen LogP contribution in [0.3, 0.4) is 0 Å². The molecule has 0 atom stereocenters. The maximum Gasteiger partial charge on any atom is 0.119 e. The third-order valence-corrected chi connectivity index (χ3v) is 3.82. The molecule has 2 aromatic rings. The maximum absolute atomic E-state index is 5.94. The lowest BCUT2D eigenvalue weighted by Gasteiger charge is -2.08. The quantitative estimate of drug-likeness (QED) is 0.793. The van der Waals surface area contributed by atoms with Gasteiger partial charge in [0.2, 0.25) is 0 Å². The van der Waals surface area contributed by atoms with Crippen molar-refractivity contribution in [1.82, 2.24) is 5.32 Å². The summed E-state index contributed by atoms with van der Waals surface area (Å²) in [6.45, 7) is 2.25. The molecule has 2 nitrogen and oxygen atoms in total. The Hall–Kier alpha value is -1.03. The van der Waals surface area contributed by atoms with E-state index in [-0.39, 0.29) is 0 Å². The smallest absolute Gasteiger partial charge is 0.119 e. The second kappa shape index (κ2) is 7.53. The number of hydrogen-bond donors (Lipinski definition) is 1. The van der Waals surface area contributed by atoms with E-state index in [1.165, 1.54) is 5.56 Å². The fourth-order valence-corrected chi connectivity index (χ4v) is 2.18. The summed E-state index contributed by atoms with van der Waals surface area (Å²) in [5.74, 6) is 0.901. The number of nitrogens with one attached hydrogen (secondary N) is 1. The standard InChI is InChI=1S/C15H15BrClNO/c16-14-10-12(6-7-15(14)17)11-18-8-9-19-13-4-2-1-3-5-13/h1-7,10,18H,8-9,11H2. The lowest BCUT2D eigenvalue weighted by atomic mass is 10.2. The van der Waals surface area contributed by atoms with Gasteiger partial charge in [-0.25, -0.2) is 0 Å². The molecule has 0 bridgehead atoms. The molecular weight excluding hydrogens is 326 g/mol. The van der Waals surface area contributed by atoms with Gasteiger partial charge in [0.15, 0.2) is 0 Å². The van der Waals surface area contributed by atoms with Crippen molar-refractivity contribution in [2.45, 2.75) is 6.54 Å². The Balaban J connectivity index is 1.68. The van der Waals surface area contributed by atoms with E-state index < -0.39 is 0 Å². The number of halogens is 2. The zero-order valence-corrected chi connectivity index (χ0v) is 12.7. The first-order valence-corrected chi connectivity index (χ1v) is 7.25. The summed E-state index contributed by atoms with van der Waals surface area (Å²) < 4.78 is 6.52. The zero-order valence-electron chi connectivity index (χ0n) is 10.4. The van der Waals surface area contributed by atoms with Crippen LogP contribution in [-0.2, 0) is 6.54 Å². The van der Waals surface area contributed by atoms with Gasteiger partial charge >= 0.3 is 0 Å². The molecule has 0 fully saturated rings. The third kappa shape index (κ3) is 4.86. The molecule has 0 unspecified atom stereocenters. The summed E-state index contributed by atoms with van der Waals surface area (Å²) in [5.41, 5.74) is 1.19. The average molecular weight is 341 g/mol. The van der Waals surface area contributed by atoms with Gasteiger partial charge in [0, 0.05) is 17.6 Å². The van der Waals surface area contributed by atoms with Gasteiger partial charge in [0.1, 0.15) is 12.4 Å². The van der Waals surface area contributed by atoms with Crippen molar-refractivity contribution in [3.63, 3.8) is 0 Å². The van der Waals surface area contributed by atoms with Crippen LogP contribution in [0.5, 0.6) is 5.75 Å². The van der Waals surface area contributed by atoms with Crippen molar-refractivity contribution >= 4 is 27.5 Å². The number of ether oxygens (including phenoxy) is 1. The summed E-state index contributed by atoms with van der Waals surface area (Å²) >= 11 is 9.36. The lowest BCUT2D eigenvalue weighted by molar-refractivity contribution is 0.313. The summed E-state index contributed by atoms with van der Waals surface area (Å²) in [7, 11) is 0. The number of rotatable bonds is 6. The molecule has 0 saturated carbocycles. The fraction of sp³-hybridized carbons (Fsp3) is 0.200. The van der Waals surface area contributed by atoms with E-state index in [4.69, 9.17) is 16.3 Å². The van der Waals surface area contributed by atoms with E-state index in [9.17, 15) is 0 Å².